The predicted molar refractivity (Wildman–Crippen MR) is 137 cm³/mol. The van der Waals surface area contributed by atoms with Crippen molar-refractivity contribution in [2.45, 2.75) is 38.8 Å². The van der Waals surface area contributed by atoms with Crippen molar-refractivity contribution in [3.63, 3.8) is 0 Å². The van der Waals surface area contributed by atoms with E-state index in [2.05, 4.69) is 6.07 Å². The van der Waals surface area contributed by atoms with Gasteiger partial charge in [-0.25, -0.2) is 0 Å². The SMILES string of the molecule is CCC(C)N(CC(=O)N1CCc2sccc2C1c1ccc(Cl)cc1)C(=O)c1ccc([N+](=O)[O-])cc1. The van der Waals surface area contributed by atoms with Gasteiger partial charge < -0.3 is 9.80 Å². The molecule has 0 bridgehead atoms. The molecule has 2 amide bonds. The van der Waals surface area contributed by atoms with Crippen LogP contribution in [-0.4, -0.2) is 45.7 Å². The van der Waals surface area contributed by atoms with Gasteiger partial charge in [0.1, 0.15) is 6.54 Å². The average Bonchev–Trinajstić information content (AvgIpc) is 3.35. The number of carbonyl (C=O) groups excluding carboxylic acids is 2. The summed E-state index contributed by atoms with van der Waals surface area (Å²) in [4.78, 5) is 42.2. The first-order chi connectivity index (χ1) is 16.8. The average molecular weight is 512 g/mol. The highest BCUT2D eigenvalue weighted by Crippen LogP contribution is 2.38. The Morgan fingerprint density at radius 1 is 1.17 bits per heavy atom. The molecule has 3 aromatic rings. The van der Waals surface area contributed by atoms with E-state index in [9.17, 15) is 19.7 Å². The standard InChI is InChI=1S/C26H26ClN3O4S/c1-3-17(2)29(26(32)19-6-10-21(11-7-19)30(33)34)16-24(31)28-14-12-23-22(13-15-35-23)25(28)18-4-8-20(27)9-5-18/h4-11,13,15,17,25H,3,12,14,16H2,1-2H3. The van der Waals surface area contributed by atoms with Gasteiger partial charge in [0.2, 0.25) is 5.91 Å². The second-order valence-electron chi connectivity index (χ2n) is 8.58. The highest BCUT2D eigenvalue weighted by molar-refractivity contribution is 7.10. The zero-order valence-corrected chi connectivity index (χ0v) is 21.1. The highest BCUT2D eigenvalue weighted by Gasteiger charge is 2.35. The van der Waals surface area contributed by atoms with Gasteiger partial charge in [0.15, 0.2) is 0 Å². The van der Waals surface area contributed by atoms with Crippen LogP contribution in [0.3, 0.4) is 0 Å². The lowest BCUT2D eigenvalue weighted by Gasteiger charge is -2.38. The Hall–Kier alpha value is -3.23. The Morgan fingerprint density at radius 2 is 1.86 bits per heavy atom. The molecule has 0 radical (unpaired) electrons. The summed E-state index contributed by atoms with van der Waals surface area (Å²) in [5.74, 6) is -0.462. The lowest BCUT2D eigenvalue weighted by molar-refractivity contribution is -0.384. The summed E-state index contributed by atoms with van der Waals surface area (Å²) in [6.45, 7) is 4.34. The molecule has 2 aromatic carbocycles. The van der Waals surface area contributed by atoms with E-state index in [1.807, 2.05) is 48.4 Å². The van der Waals surface area contributed by atoms with E-state index in [0.717, 1.165) is 17.5 Å². The van der Waals surface area contributed by atoms with E-state index in [0.29, 0.717) is 23.6 Å². The Balaban J connectivity index is 1.62. The summed E-state index contributed by atoms with van der Waals surface area (Å²) < 4.78 is 0. The van der Waals surface area contributed by atoms with Gasteiger partial charge in [-0.3, -0.25) is 19.7 Å². The molecule has 182 valence electrons. The molecule has 4 rings (SSSR count). The van der Waals surface area contributed by atoms with E-state index >= 15 is 0 Å². The van der Waals surface area contributed by atoms with E-state index in [1.165, 1.54) is 29.1 Å². The minimum atomic E-state index is -0.504. The Labute approximate surface area is 213 Å². The van der Waals surface area contributed by atoms with Crippen molar-refractivity contribution in [3.8, 4) is 0 Å². The van der Waals surface area contributed by atoms with Gasteiger partial charge in [-0.2, -0.15) is 0 Å². The number of hydrogen-bond donors (Lipinski definition) is 0. The number of carbonyl (C=O) groups is 2. The monoisotopic (exact) mass is 511 g/mol. The number of thiophene rings is 1. The van der Waals surface area contributed by atoms with Gasteiger partial charge in [0, 0.05) is 40.2 Å². The molecular weight excluding hydrogens is 486 g/mol. The number of halogens is 1. The van der Waals surface area contributed by atoms with Crippen LogP contribution in [0.15, 0.2) is 60.0 Å². The molecule has 2 heterocycles. The number of benzene rings is 2. The number of rotatable bonds is 7. The van der Waals surface area contributed by atoms with E-state index in [1.54, 1.807) is 16.2 Å². The molecule has 2 unspecified atom stereocenters. The van der Waals surface area contributed by atoms with Gasteiger partial charge >= 0.3 is 0 Å². The summed E-state index contributed by atoms with van der Waals surface area (Å²) in [6, 6.07) is 14.7. The number of amides is 2. The van der Waals surface area contributed by atoms with Crippen molar-refractivity contribution in [3.05, 3.63) is 96.7 Å². The molecule has 35 heavy (non-hydrogen) atoms. The fourth-order valence-corrected chi connectivity index (χ4v) is 5.40. The largest absolute Gasteiger partial charge is 0.330 e. The molecule has 0 saturated carbocycles. The zero-order valence-electron chi connectivity index (χ0n) is 19.5. The Bertz CT molecular complexity index is 1230. The second-order valence-corrected chi connectivity index (χ2v) is 10.0. The zero-order chi connectivity index (χ0) is 25.1. The van der Waals surface area contributed by atoms with Gasteiger partial charge in [-0.15, -0.1) is 11.3 Å². The first-order valence-electron chi connectivity index (χ1n) is 11.5. The molecule has 0 spiro atoms. The minimum absolute atomic E-state index is 0.0750. The molecule has 7 nitrogen and oxygen atoms in total. The lowest BCUT2D eigenvalue weighted by atomic mass is 9.93. The van der Waals surface area contributed by atoms with Crippen LogP contribution < -0.4 is 0 Å². The Kier molecular flexibility index (Phi) is 7.52. The number of non-ortho nitro benzene ring substituents is 1. The molecule has 2 atom stereocenters. The second kappa shape index (κ2) is 10.6. The number of nitrogens with zero attached hydrogens (tertiary/aromatic N) is 3. The third kappa shape index (κ3) is 5.23. The van der Waals surface area contributed by atoms with E-state index < -0.39 is 4.92 Å². The van der Waals surface area contributed by atoms with Gasteiger partial charge in [-0.1, -0.05) is 30.7 Å². The van der Waals surface area contributed by atoms with Crippen LogP contribution in [0, 0.1) is 10.1 Å². The molecule has 1 aliphatic heterocycles. The van der Waals surface area contributed by atoms with Crippen LogP contribution in [0.2, 0.25) is 5.02 Å². The predicted octanol–water partition coefficient (Wildman–Crippen LogP) is 5.72. The van der Waals surface area contributed by atoms with Gasteiger partial charge in [0.05, 0.1) is 11.0 Å². The highest BCUT2D eigenvalue weighted by atomic mass is 35.5. The number of nitro benzene ring substituents is 1. The van der Waals surface area contributed by atoms with Crippen molar-refractivity contribution in [2.24, 2.45) is 0 Å². The fraction of sp³-hybridized carbons (Fsp3) is 0.308. The van der Waals surface area contributed by atoms with E-state index in [4.69, 9.17) is 11.6 Å². The van der Waals surface area contributed by atoms with Gasteiger partial charge in [-0.05, 0) is 66.6 Å². The minimum Gasteiger partial charge on any atom is -0.330 e. The number of fused-ring (bicyclic) bond motifs is 1. The quantitative estimate of drug-likeness (QED) is 0.300. The smallest absolute Gasteiger partial charge is 0.269 e. The van der Waals surface area contributed by atoms with Crippen molar-refractivity contribution in [2.75, 3.05) is 13.1 Å². The maximum absolute atomic E-state index is 13.7. The third-order valence-electron chi connectivity index (χ3n) is 6.49. The van der Waals surface area contributed by atoms with Crippen LogP contribution in [0.5, 0.6) is 0 Å². The maximum atomic E-state index is 13.7. The summed E-state index contributed by atoms with van der Waals surface area (Å²) in [5, 5.41) is 13.7. The van der Waals surface area contributed by atoms with Crippen LogP contribution >= 0.6 is 22.9 Å². The summed E-state index contributed by atoms with van der Waals surface area (Å²) in [5.41, 5.74) is 2.31. The van der Waals surface area contributed by atoms with Crippen LogP contribution in [0.4, 0.5) is 5.69 Å². The molecule has 1 aliphatic rings. The summed E-state index contributed by atoms with van der Waals surface area (Å²) >= 11 is 7.80. The third-order valence-corrected chi connectivity index (χ3v) is 7.73. The normalized spacial score (nSPS) is 15.9. The maximum Gasteiger partial charge on any atom is 0.269 e. The fourth-order valence-electron chi connectivity index (χ4n) is 4.37. The van der Waals surface area contributed by atoms with Crippen molar-refractivity contribution < 1.29 is 14.5 Å². The lowest BCUT2D eigenvalue weighted by Crippen LogP contribution is -2.49. The topological polar surface area (TPSA) is 83.8 Å². The van der Waals surface area contributed by atoms with Crippen LogP contribution in [0.1, 0.15) is 52.7 Å². The molecule has 0 aliphatic carbocycles. The molecular formula is C26H26ClN3O4S. The first-order valence-corrected chi connectivity index (χ1v) is 12.7. The van der Waals surface area contributed by atoms with Crippen molar-refractivity contribution in [1.82, 2.24) is 9.80 Å². The molecule has 0 saturated heterocycles. The molecule has 0 fully saturated rings. The Morgan fingerprint density at radius 3 is 2.49 bits per heavy atom. The molecule has 0 N–H and O–H groups in total. The van der Waals surface area contributed by atoms with Crippen molar-refractivity contribution in [1.29, 1.82) is 0 Å². The summed E-state index contributed by atoms with van der Waals surface area (Å²) in [7, 11) is 0. The van der Waals surface area contributed by atoms with Crippen LogP contribution in [-0.2, 0) is 11.2 Å². The molecule has 9 heteroatoms. The van der Waals surface area contributed by atoms with Crippen molar-refractivity contribution >= 4 is 40.4 Å². The first kappa shape index (κ1) is 24.9. The number of nitro groups is 1. The van der Waals surface area contributed by atoms with Gasteiger partial charge in [0.25, 0.3) is 11.6 Å². The summed E-state index contributed by atoms with van der Waals surface area (Å²) in [6.07, 6.45) is 1.43. The number of hydrogen-bond acceptors (Lipinski definition) is 5. The molecule has 1 aromatic heterocycles. The van der Waals surface area contributed by atoms with E-state index in [-0.39, 0.29) is 36.1 Å². The van der Waals surface area contributed by atoms with Crippen LogP contribution in [0.25, 0.3) is 0 Å².